The van der Waals surface area contributed by atoms with E-state index in [1.54, 1.807) is 0 Å². The minimum absolute atomic E-state index is 0.344. The zero-order valence-electron chi connectivity index (χ0n) is 6.99. The van der Waals surface area contributed by atoms with Gasteiger partial charge in [0, 0.05) is 11.6 Å². The second kappa shape index (κ2) is 2.90. The molecule has 1 aliphatic heterocycles. The monoisotopic (exact) mass is 172 g/mol. The Labute approximate surface area is 76.1 Å². The van der Waals surface area contributed by atoms with E-state index in [2.05, 4.69) is 6.58 Å². The smallest absolute Gasteiger partial charge is 0.336 e. The van der Waals surface area contributed by atoms with Gasteiger partial charge >= 0.3 is 5.97 Å². The molecule has 0 bridgehead atoms. The van der Waals surface area contributed by atoms with E-state index in [0.29, 0.717) is 5.76 Å². The lowest BCUT2D eigenvalue weighted by molar-refractivity contribution is -0.132. The van der Waals surface area contributed by atoms with Crippen LogP contribution < -0.4 is 0 Å². The van der Waals surface area contributed by atoms with Crippen molar-refractivity contribution in [3.63, 3.8) is 0 Å². The Bertz CT molecular complexity index is 388. The van der Waals surface area contributed by atoms with Gasteiger partial charge in [0.25, 0.3) is 0 Å². The number of benzene rings is 1. The van der Waals surface area contributed by atoms with E-state index in [9.17, 15) is 4.79 Å². The summed E-state index contributed by atoms with van der Waals surface area (Å²) >= 11 is 0. The van der Waals surface area contributed by atoms with Crippen molar-refractivity contribution in [2.45, 2.75) is 0 Å². The first kappa shape index (κ1) is 7.80. The number of esters is 1. The van der Waals surface area contributed by atoms with Gasteiger partial charge in [-0.15, -0.1) is 0 Å². The minimum atomic E-state index is -0.344. The molecule has 2 heteroatoms. The Morgan fingerprint density at radius 3 is 2.38 bits per heavy atom. The van der Waals surface area contributed by atoms with Gasteiger partial charge in [-0.2, -0.15) is 0 Å². The maximum Gasteiger partial charge on any atom is 0.336 e. The standard InChI is InChI=1S/C11H8O2/c1-8-10(7-11(12)13-8)9-5-3-2-4-6-9/h2-7H,1H2. The van der Waals surface area contributed by atoms with E-state index < -0.39 is 0 Å². The fourth-order valence-electron chi connectivity index (χ4n) is 1.27. The van der Waals surface area contributed by atoms with Crippen LogP contribution in [0.4, 0.5) is 0 Å². The molecular weight excluding hydrogens is 164 g/mol. The minimum Gasteiger partial charge on any atom is -0.423 e. The Kier molecular flexibility index (Phi) is 1.74. The molecule has 2 nitrogen and oxygen atoms in total. The number of hydrogen-bond acceptors (Lipinski definition) is 2. The van der Waals surface area contributed by atoms with Crippen molar-refractivity contribution in [3.05, 3.63) is 54.3 Å². The average Bonchev–Trinajstić information content (AvgIpc) is 2.47. The molecule has 0 radical (unpaired) electrons. The molecule has 13 heavy (non-hydrogen) atoms. The Morgan fingerprint density at radius 1 is 1.15 bits per heavy atom. The third-order valence-electron chi connectivity index (χ3n) is 1.87. The highest BCUT2D eigenvalue weighted by Gasteiger charge is 2.18. The van der Waals surface area contributed by atoms with Crippen molar-refractivity contribution in [1.29, 1.82) is 0 Å². The molecule has 0 spiro atoms. The maximum atomic E-state index is 10.9. The predicted molar refractivity (Wildman–Crippen MR) is 49.7 cm³/mol. The first-order chi connectivity index (χ1) is 6.27. The molecule has 0 unspecified atom stereocenters. The number of hydrogen-bond donors (Lipinski definition) is 0. The SMILES string of the molecule is C=C1OC(=O)C=C1c1ccccc1. The van der Waals surface area contributed by atoms with Gasteiger partial charge in [0.1, 0.15) is 5.76 Å². The molecule has 1 aromatic carbocycles. The number of cyclic esters (lactones) is 1. The molecule has 1 aromatic rings. The lowest BCUT2D eigenvalue weighted by Gasteiger charge is -2.00. The van der Waals surface area contributed by atoms with Crippen LogP contribution in [0.15, 0.2) is 48.7 Å². The molecule has 0 aliphatic carbocycles. The molecule has 64 valence electrons. The summed E-state index contributed by atoms with van der Waals surface area (Å²) < 4.78 is 4.80. The van der Waals surface area contributed by atoms with E-state index in [1.165, 1.54) is 6.08 Å². The summed E-state index contributed by atoms with van der Waals surface area (Å²) in [6.07, 6.45) is 1.46. The van der Waals surface area contributed by atoms with E-state index in [-0.39, 0.29) is 5.97 Å². The van der Waals surface area contributed by atoms with Crippen LogP contribution in [-0.4, -0.2) is 5.97 Å². The van der Waals surface area contributed by atoms with E-state index in [4.69, 9.17) is 4.74 Å². The largest absolute Gasteiger partial charge is 0.423 e. The van der Waals surface area contributed by atoms with Crippen LogP contribution in [0.3, 0.4) is 0 Å². The second-order valence-electron chi connectivity index (χ2n) is 2.77. The van der Waals surface area contributed by atoms with Crippen LogP contribution in [0.1, 0.15) is 5.56 Å². The summed E-state index contributed by atoms with van der Waals surface area (Å²) in [6, 6.07) is 9.57. The van der Waals surface area contributed by atoms with Gasteiger partial charge in [-0.25, -0.2) is 4.79 Å². The number of carbonyl (C=O) groups excluding carboxylic acids is 1. The summed E-state index contributed by atoms with van der Waals surface area (Å²) in [6.45, 7) is 3.65. The summed E-state index contributed by atoms with van der Waals surface area (Å²) in [5.41, 5.74) is 1.73. The van der Waals surface area contributed by atoms with Crippen LogP contribution in [0, 0.1) is 0 Å². The van der Waals surface area contributed by atoms with Crippen molar-refractivity contribution in [2.75, 3.05) is 0 Å². The second-order valence-corrected chi connectivity index (χ2v) is 2.77. The first-order valence-corrected chi connectivity index (χ1v) is 3.95. The number of rotatable bonds is 1. The van der Waals surface area contributed by atoms with E-state index in [1.807, 2.05) is 30.3 Å². The molecule has 2 rings (SSSR count). The fraction of sp³-hybridized carbons (Fsp3) is 0. The molecule has 0 amide bonds. The number of carbonyl (C=O) groups is 1. The van der Waals surface area contributed by atoms with Crippen molar-refractivity contribution in [2.24, 2.45) is 0 Å². The van der Waals surface area contributed by atoms with Crippen molar-refractivity contribution in [1.82, 2.24) is 0 Å². The third-order valence-corrected chi connectivity index (χ3v) is 1.87. The van der Waals surface area contributed by atoms with Crippen LogP contribution in [0.5, 0.6) is 0 Å². The highest BCUT2D eigenvalue weighted by atomic mass is 16.5. The van der Waals surface area contributed by atoms with Crippen LogP contribution in [-0.2, 0) is 9.53 Å². The van der Waals surface area contributed by atoms with Gasteiger partial charge in [0.05, 0.1) is 0 Å². The van der Waals surface area contributed by atoms with Crippen LogP contribution in [0.25, 0.3) is 5.57 Å². The summed E-state index contributed by atoms with van der Waals surface area (Å²) in [5, 5.41) is 0. The molecule has 0 fully saturated rings. The Morgan fingerprint density at radius 2 is 1.85 bits per heavy atom. The molecular formula is C11H8O2. The zero-order valence-corrected chi connectivity index (χ0v) is 6.99. The molecule has 0 aromatic heterocycles. The van der Waals surface area contributed by atoms with E-state index in [0.717, 1.165) is 11.1 Å². The van der Waals surface area contributed by atoms with Gasteiger partial charge < -0.3 is 4.74 Å². The Balaban J connectivity index is 2.43. The highest BCUT2D eigenvalue weighted by Crippen LogP contribution is 2.27. The maximum absolute atomic E-state index is 10.9. The van der Waals surface area contributed by atoms with Crippen LogP contribution in [0.2, 0.25) is 0 Å². The van der Waals surface area contributed by atoms with Gasteiger partial charge in [-0.1, -0.05) is 36.9 Å². The first-order valence-electron chi connectivity index (χ1n) is 3.95. The number of allylic oxidation sites excluding steroid dienone is 1. The molecule has 1 heterocycles. The summed E-state index contributed by atoms with van der Waals surface area (Å²) in [7, 11) is 0. The zero-order chi connectivity index (χ0) is 9.26. The van der Waals surface area contributed by atoms with Gasteiger partial charge in [-0.3, -0.25) is 0 Å². The average molecular weight is 172 g/mol. The Hall–Kier alpha value is -1.83. The normalized spacial score (nSPS) is 15.5. The van der Waals surface area contributed by atoms with Crippen LogP contribution >= 0.6 is 0 Å². The molecule has 0 atom stereocenters. The molecule has 0 saturated carbocycles. The van der Waals surface area contributed by atoms with Gasteiger partial charge in [0.2, 0.25) is 0 Å². The van der Waals surface area contributed by atoms with Crippen molar-refractivity contribution in [3.8, 4) is 0 Å². The van der Waals surface area contributed by atoms with Gasteiger partial charge in [0.15, 0.2) is 0 Å². The fourth-order valence-corrected chi connectivity index (χ4v) is 1.27. The molecule has 0 N–H and O–H groups in total. The van der Waals surface area contributed by atoms with Crippen molar-refractivity contribution < 1.29 is 9.53 Å². The predicted octanol–water partition coefficient (Wildman–Crippen LogP) is 2.14. The lowest BCUT2D eigenvalue weighted by Crippen LogP contribution is -1.89. The van der Waals surface area contributed by atoms with Crippen molar-refractivity contribution >= 4 is 11.5 Å². The lowest BCUT2D eigenvalue weighted by atomic mass is 10.1. The summed E-state index contributed by atoms with van der Waals surface area (Å²) in [5.74, 6) is 0.0834. The molecule has 1 aliphatic rings. The number of ether oxygens (including phenoxy) is 1. The topological polar surface area (TPSA) is 26.3 Å². The summed E-state index contributed by atoms with van der Waals surface area (Å²) in [4.78, 5) is 10.9. The van der Waals surface area contributed by atoms with E-state index >= 15 is 0 Å². The van der Waals surface area contributed by atoms with Gasteiger partial charge in [-0.05, 0) is 5.56 Å². The quantitative estimate of drug-likeness (QED) is 0.606. The highest BCUT2D eigenvalue weighted by molar-refractivity contribution is 6.01. The molecule has 0 saturated heterocycles. The third kappa shape index (κ3) is 1.38.